The summed E-state index contributed by atoms with van der Waals surface area (Å²) in [7, 11) is 1.75. The third-order valence-electron chi connectivity index (χ3n) is 7.75. The van der Waals surface area contributed by atoms with Gasteiger partial charge in [0.2, 0.25) is 11.8 Å². The van der Waals surface area contributed by atoms with Crippen LogP contribution in [0, 0.1) is 11.8 Å². The summed E-state index contributed by atoms with van der Waals surface area (Å²) in [5.74, 6) is -1.65. The van der Waals surface area contributed by atoms with Crippen molar-refractivity contribution in [3.8, 4) is 0 Å². The van der Waals surface area contributed by atoms with Crippen molar-refractivity contribution in [2.45, 2.75) is 16.0 Å². The Morgan fingerprint density at radius 3 is 2.60 bits per heavy atom. The fourth-order valence-corrected chi connectivity index (χ4v) is 8.19. The number of benzene rings is 2. The number of amides is 3. The molecular formula is C27H27N3O4S. The summed E-state index contributed by atoms with van der Waals surface area (Å²) in [6.45, 7) is 0.701. The number of hydrogen-bond donors (Lipinski definition) is 1. The number of β-amino-alcohol motifs (C(OH)–C–C–N with tert-alkyl or cyclic N) is 1. The molecule has 4 heterocycles. The normalized spacial score (nSPS) is 32.1. The van der Waals surface area contributed by atoms with Crippen LogP contribution >= 0.6 is 11.8 Å². The molecule has 0 radical (unpaired) electrons. The summed E-state index contributed by atoms with van der Waals surface area (Å²) < 4.78 is -0.859. The van der Waals surface area contributed by atoms with E-state index in [4.69, 9.17) is 0 Å². The first-order valence-electron chi connectivity index (χ1n) is 11.9. The highest BCUT2D eigenvalue weighted by Gasteiger charge is 2.70. The Balaban J connectivity index is 1.45. The summed E-state index contributed by atoms with van der Waals surface area (Å²) in [5.41, 5.74) is 0.767. The van der Waals surface area contributed by atoms with Crippen molar-refractivity contribution >= 4 is 45.9 Å². The van der Waals surface area contributed by atoms with Crippen molar-refractivity contribution in [3.63, 3.8) is 0 Å². The van der Waals surface area contributed by atoms with Crippen LogP contribution in [0.1, 0.15) is 0 Å². The molecule has 1 spiro atoms. The smallest absolute Gasteiger partial charge is 0.251 e. The highest BCUT2D eigenvalue weighted by atomic mass is 32.2. The second-order valence-electron chi connectivity index (χ2n) is 9.63. The van der Waals surface area contributed by atoms with Gasteiger partial charge in [-0.1, -0.05) is 54.6 Å². The molecule has 35 heavy (non-hydrogen) atoms. The quantitative estimate of drug-likeness (QED) is 0.668. The number of carbonyl (C=O) groups is 3. The number of nitrogens with zero attached hydrogens (tertiary/aromatic N) is 3. The molecule has 2 aromatic carbocycles. The number of thioether (sulfide) groups is 1. The van der Waals surface area contributed by atoms with Gasteiger partial charge in [-0.15, -0.1) is 11.8 Å². The number of aliphatic hydroxyl groups excluding tert-OH is 1. The largest absolute Gasteiger partial charge is 0.395 e. The molecule has 8 heteroatoms. The van der Waals surface area contributed by atoms with Crippen LogP contribution in [0.4, 0.5) is 5.69 Å². The zero-order valence-corrected chi connectivity index (χ0v) is 20.2. The lowest BCUT2D eigenvalue weighted by Crippen LogP contribution is -2.53. The van der Waals surface area contributed by atoms with Crippen molar-refractivity contribution < 1.29 is 19.5 Å². The van der Waals surface area contributed by atoms with Crippen LogP contribution in [-0.2, 0) is 14.4 Å². The van der Waals surface area contributed by atoms with E-state index in [9.17, 15) is 19.5 Å². The van der Waals surface area contributed by atoms with Crippen LogP contribution in [0.3, 0.4) is 0 Å². The number of carbonyl (C=O) groups excluding carboxylic acids is 3. The molecule has 0 bridgehead atoms. The number of likely N-dealkylation sites (N-methyl/N-ethyl adjacent to an activating group) is 1. The van der Waals surface area contributed by atoms with E-state index < -0.39 is 22.6 Å². The monoisotopic (exact) mass is 489 g/mol. The maximum absolute atomic E-state index is 14.2. The molecule has 2 fully saturated rings. The Morgan fingerprint density at radius 1 is 1.00 bits per heavy atom. The first kappa shape index (κ1) is 22.4. The molecule has 6 rings (SSSR count). The molecule has 0 saturated carbocycles. The van der Waals surface area contributed by atoms with Gasteiger partial charge in [0.15, 0.2) is 0 Å². The van der Waals surface area contributed by atoms with E-state index in [2.05, 4.69) is 0 Å². The minimum absolute atomic E-state index is 0.0602. The SMILES string of the molecule is CN1CC=C[C@H]2S[C@]34C=CCN(c5ccc6ccccc6c5)C(=O)C3N(CCO)C(=O)[C@@H]4[C@H]2C1=O. The van der Waals surface area contributed by atoms with Crippen molar-refractivity contribution in [2.75, 3.05) is 38.2 Å². The first-order chi connectivity index (χ1) is 17.0. The average molecular weight is 490 g/mol. The molecule has 0 aliphatic carbocycles. The Morgan fingerprint density at radius 2 is 1.80 bits per heavy atom. The third-order valence-corrected chi connectivity index (χ3v) is 9.49. The minimum atomic E-state index is -0.859. The summed E-state index contributed by atoms with van der Waals surface area (Å²) in [6.07, 6.45) is 7.96. The molecule has 3 amide bonds. The summed E-state index contributed by atoms with van der Waals surface area (Å²) in [5, 5.41) is 11.7. The Hall–Kier alpha value is -3.10. The van der Waals surface area contributed by atoms with Gasteiger partial charge in [-0.05, 0) is 22.9 Å². The minimum Gasteiger partial charge on any atom is -0.395 e. The van der Waals surface area contributed by atoms with Gasteiger partial charge in [0, 0.05) is 37.6 Å². The molecular weight excluding hydrogens is 462 g/mol. The fraction of sp³-hybridized carbons (Fsp3) is 0.370. The van der Waals surface area contributed by atoms with Gasteiger partial charge in [-0.25, -0.2) is 0 Å². The molecule has 180 valence electrons. The summed E-state index contributed by atoms with van der Waals surface area (Å²) in [4.78, 5) is 46.3. The summed E-state index contributed by atoms with van der Waals surface area (Å²) in [6, 6.07) is 13.1. The lowest BCUT2D eigenvalue weighted by Gasteiger charge is -2.35. The Kier molecular flexibility index (Phi) is 5.27. The highest BCUT2D eigenvalue weighted by molar-refractivity contribution is 8.02. The van der Waals surface area contributed by atoms with E-state index in [1.54, 1.807) is 28.6 Å². The van der Waals surface area contributed by atoms with Crippen LogP contribution < -0.4 is 4.90 Å². The summed E-state index contributed by atoms with van der Waals surface area (Å²) >= 11 is 1.55. The molecule has 4 aliphatic heterocycles. The third kappa shape index (κ3) is 3.19. The predicted molar refractivity (Wildman–Crippen MR) is 136 cm³/mol. The van der Waals surface area contributed by atoms with E-state index in [1.165, 1.54) is 4.90 Å². The van der Waals surface area contributed by atoms with Crippen molar-refractivity contribution in [2.24, 2.45) is 11.8 Å². The van der Waals surface area contributed by atoms with E-state index in [0.29, 0.717) is 13.1 Å². The van der Waals surface area contributed by atoms with Gasteiger partial charge >= 0.3 is 0 Å². The van der Waals surface area contributed by atoms with Crippen LogP contribution in [0.2, 0.25) is 0 Å². The second kappa shape index (κ2) is 8.24. The number of likely N-dealkylation sites (tertiary alicyclic amines) is 1. The highest BCUT2D eigenvalue weighted by Crippen LogP contribution is 2.61. The molecule has 5 atom stereocenters. The van der Waals surface area contributed by atoms with Crippen molar-refractivity contribution in [1.29, 1.82) is 0 Å². The van der Waals surface area contributed by atoms with Crippen LogP contribution in [-0.4, -0.2) is 82.0 Å². The Labute approximate surface area is 208 Å². The number of rotatable bonds is 3. The Bertz CT molecular complexity index is 1290. The van der Waals surface area contributed by atoms with E-state index >= 15 is 0 Å². The maximum Gasteiger partial charge on any atom is 0.251 e. The van der Waals surface area contributed by atoms with Crippen LogP contribution in [0.25, 0.3) is 10.8 Å². The van der Waals surface area contributed by atoms with Gasteiger partial charge in [0.25, 0.3) is 5.91 Å². The molecule has 2 aromatic rings. The number of fused-ring (bicyclic) bond motifs is 3. The standard InChI is InChI=1S/C27H27N3O4S/c1-28-12-4-8-20-21(24(28)32)22-25(33)30(14-15-31)23-26(34)29(13-5-11-27(22,23)35-20)19-10-9-17-6-2-3-7-18(17)16-19/h2-11,16,20-23,31H,12-15H2,1H3/t20-,21+,22+,23?,27+/m1/s1. The van der Waals surface area contributed by atoms with Gasteiger partial charge in [0.05, 0.1) is 23.2 Å². The van der Waals surface area contributed by atoms with Gasteiger partial charge < -0.3 is 19.8 Å². The lowest BCUT2D eigenvalue weighted by molar-refractivity contribution is -0.142. The number of hydrogen-bond acceptors (Lipinski definition) is 5. The van der Waals surface area contributed by atoms with Gasteiger partial charge in [0.1, 0.15) is 6.04 Å². The first-order valence-corrected chi connectivity index (χ1v) is 12.8. The van der Waals surface area contributed by atoms with Crippen molar-refractivity contribution in [3.05, 3.63) is 66.8 Å². The lowest BCUT2D eigenvalue weighted by atomic mass is 9.78. The maximum atomic E-state index is 14.2. The predicted octanol–water partition coefficient (Wildman–Crippen LogP) is 2.06. The van der Waals surface area contributed by atoms with Crippen LogP contribution in [0.15, 0.2) is 66.8 Å². The fourth-order valence-electron chi connectivity index (χ4n) is 6.19. The molecule has 1 unspecified atom stereocenters. The van der Waals surface area contributed by atoms with Gasteiger partial charge in [-0.2, -0.15) is 0 Å². The molecule has 1 N–H and O–H groups in total. The molecule has 7 nitrogen and oxygen atoms in total. The molecule has 0 aromatic heterocycles. The number of anilines is 1. The van der Waals surface area contributed by atoms with Crippen LogP contribution in [0.5, 0.6) is 0 Å². The zero-order valence-electron chi connectivity index (χ0n) is 19.4. The topological polar surface area (TPSA) is 81.2 Å². The van der Waals surface area contributed by atoms with Crippen molar-refractivity contribution in [1.82, 2.24) is 9.80 Å². The van der Waals surface area contributed by atoms with E-state index in [1.807, 2.05) is 66.8 Å². The van der Waals surface area contributed by atoms with E-state index in [0.717, 1.165) is 16.5 Å². The van der Waals surface area contributed by atoms with Gasteiger partial charge in [-0.3, -0.25) is 14.4 Å². The second-order valence-corrected chi connectivity index (χ2v) is 11.1. The van der Waals surface area contributed by atoms with E-state index in [-0.39, 0.29) is 36.1 Å². The zero-order chi connectivity index (χ0) is 24.3. The average Bonchev–Trinajstić information content (AvgIpc) is 3.18. The molecule has 4 aliphatic rings. The molecule has 2 saturated heterocycles. The number of aliphatic hydroxyl groups is 1.